The molecule has 0 aromatic heterocycles. The molecule has 1 aliphatic heterocycles. The highest BCUT2D eigenvalue weighted by Gasteiger charge is 2.48. The maximum absolute atomic E-state index is 11.9. The lowest BCUT2D eigenvalue weighted by molar-refractivity contribution is -0.126. The Morgan fingerprint density at radius 2 is 2.00 bits per heavy atom. The Labute approximate surface area is 80.3 Å². The average Bonchev–Trinajstić information content (AvgIpc) is 2.70. The van der Waals surface area contributed by atoms with Crippen molar-refractivity contribution in [3.8, 4) is 0 Å². The molecule has 2 aliphatic rings. The van der Waals surface area contributed by atoms with Gasteiger partial charge in [0.1, 0.15) is 0 Å². The molecule has 0 aromatic rings. The van der Waals surface area contributed by atoms with Crippen LogP contribution in [0.2, 0.25) is 0 Å². The highest BCUT2D eigenvalue weighted by molar-refractivity contribution is 5.90. The van der Waals surface area contributed by atoms with E-state index in [4.69, 9.17) is 0 Å². The number of rotatable bonds is 1. The summed E-state index contributed by atoms with van der Waals surface area (Å²) in [4.78, 5) is 14.1. The molecule has 1 saturated heterocycles. The quantitative estimate of drug-likeness (QED) is 0.615. The van der Waals surface area contributed by atoms with Crippen LogP contribution in [0.3, 0.4) is 0 Å². The maximum Gasteiger partial charge on any atom is 0.154 e. The van der Waals surface area contributed by atoms with Gasteiger partial charge in [0.2, 0.25) is 0 Å². The first-order valence-corrected chi connectivity index (χ1v) is 5.40. The van der Waals surface area contributed by atoms with Gasteiger partial charge in [-0.3, -0.25) is 9.69 Å². The highest BCUT2D eigenvalue weighted by Crippen LogP contribution is 2.40. The van der Waals surface area contributed by atoms with E-state index in [2.05, 4.69) is 18.9 Å². The molecule has 0 amide bonds. The van der Waals surface area contributed by atoms with E-state index >= 15 is 0 Å². The number of hydrogen-bond donors (Lipinski definition) is 0. The number of Topliss-reactive ketones (excluding diaryl/α,β-unsaturated/α-hetero) is 1. The summed E-state index contributed by atoms with van der Waals surface area (Å²) in [5.41, 5.74) is -0.115. The van der Waals surface area contributed by atoms with Gasteiger partial charge >= 0.3 is 0 Å². The number of likely N-dealkylation sites (tertiary alicyclic amines) is 1. The predicted octanol–water partition coefficient (Wildman–Crippen LogP) is 1.84. The molecule has 2 fully saturated rings. The molecule has 0 aromatic carbocycles. The van der Waals surface area contributed by atoms with Crippen LogP contribution in [-0.2, 0) is 4.79 Å². The van der Waals surface area contributed by atoms with Crippen LogP contribution in [0, 0.1) is 5.92 Å². The van der Waals surface area contributed by atoms with Crippen LogP contribution in [0.4, 0.5) is 0 Å². The summed E-state index contributed by atoms with van der Waals surface area (Å²) in [7, 11) is 2.10. The van der Waals surface area contributed by atoms with Crippen molar-refractivity contribution < 1.29 is 4.79 Å². The minimum absolute atomic E-state index is 0.115. The first-order chi connectivity index (χ1) is 6.15. The summed E-state index contributed by atoms with van der Waals surface area (Å²) in [5, 5.41) is 0. The summed E-state index contributed by atoms with van der Waals surface area (Å²) in [6.45, 7) is 3.12. The van der Waals surface area contributed by atoms with Crippen LogP contribution in [-0.4, -0.2) is 29.8 Å². The van der Waals surface area contributed by atoms with Crippen molar-refractivity contribution in [2.45, 2.75) is 44.6 Å². The minimum atomic E-state index is -0.115. The Kier molecular flexibility index (Phi) is 2.18. The van der Waals surface area contributed by atoms with Crippen LogP contribution < -0.4 is 0 Å². The van der Waals surface area contributed by atoms with Crippen LogP contribution in [0.25, 0.3) is 0 Å². The molecule has 1 aliphatic carbocycles. The molecule has 2 heteroatoms. The number of nitrogens with zero attached hydrogens (tertiary/aromatic N) is 1. The Bertz CT molecular complexity index is 220. The van der Waals surface area contributed by atoms with Crippen molar-refractivity contribution in [3.05, 3.63) is 0 Å². The van der Waals surface area contributed by atoms with E-state index in [-0.39, 0.29) is 5.54 Å². The second-order valence-electron chi connectivity index (χ2n) is 4.72. The topological polar surface area (TPSA) is 20.3 Å². The summed E-state index contributed by atoms with van der Waals surface area (Å²) < 4.78 is 0. The third kappa shape index (κ3) is 1.23. The Balaban J connectivity index is 2.20. The molecule has 0 spiro atoms. The second-order valence-corrected chi connectivity index (χ2v) is 4.72. The zero-order valence-corrected chi connectivity index (χ0v) is 8.68. The lowest BCUT2D eigenvalue weighted by Crippen LogP contribution is -2.49. The Hall–Kier alpha value is -0.370. The number of likely N-dealkylation sites (N-methyl/N-ethyl adjacent to an activating group) is 1. The van der Waals surface area contributed by atoms with E-state index in [1.165, 1.54) is 25.7 Å². The molecule has 2 nitrogen and oxygen atoms in total. The molecule has 74 valence electrons. The smallest absolute Gasteiger partial charge is 0.154 e. The highest BCUT2D eigenvalue weighted by atomic mass is 16.1. The SMILES string of the molecule is CN1CCC(=O)C1(C)C1CCCC1. The van der Waals surface area contributed by atoms with Crippen LogP contribution in [0.1, 0.15) is 39.0 Å². The van der Waals surface area contributed by atoms with Crippen molar-refractivity contribution in [3.63, 3.8) is 0 Å². The van der Waals surface area contributed by atoms with E-state index in [1.807, 2.05) is 0 Å². The van der Waals surface area contributed by atoms with E-state index < -0.39 is 0 Å². The van der Waals surface area contributed by atoms with Crippen molar-refractivity contribution in [2.24, 2.45) is 5.92 Å². The van der Waals surface area contributed by atoms with Crippen LogP contribution in [0.15, 0.2) is 0 Å². The molecule has 2 rings (SSSR count). The normalized spacial score (nSPS) is 37.5. The van der Waals surface area contributed by atoms with Crippen LogP contribution >= 0.6 is 0 Å². The van der Waals surface area contributed by atoms with Crippen molar-refractivity contribution >= 4 is 5.78 Å². The fourth-order valence-electron chi connectivity index (χ4n) is 2.99. The van der Waals surface area contributed by atoms with Gasteiger partial charge in [-0.1, -0.05) is 12.8 Å². The minimum Gasteiger partial charge on any atom is -0.298 e. The van der Waals surface area contributed by atoms with Gasteiger partial charge in [0.05, 0.1) is 5.54 Å². The number of ketones is 1. The Morgan fingerprint density at radius 3 is 2.46 bits per heavy atom. The molecular formula is C11H19NO. The molecule has 1 atom stereocenters. The largest absolute Gasteiger partial charge is 0.298 e. The first kappa shape index (κ1) is 9.20. The van der Waals surface area contributed by atoms with Gasteiger partial charge in [-0.25, -0.2) is 0 Å². The molecule has 1 saturated carbocycles. The molecule has 13 heavy (non-hydrogen) atoms. The molecule has 0 N–H and O–H groups in total. The van der Waals surface area contributed by atoms with E-state index in [0.717, 1.165) is 13.0 Å². The molecule has 1 heterocycles. The number of carbonyl (C=O) groups excluding carboxylic acids is 1. The van der Waals surface area contributed by atoms with Gasteiger partial charge in [-0.2, -0.15) is 0 Å². The van der Waals surface area contributed by atoms with Gasteiger partial charge in [-0.05, 0) is 32.7 Å². The van der Waals surface area contributed by atoms with E-state index in [1.54, 1.807) is 0 Å². The number of hydrogen-bond acceptors (Lipinski definition) is 2. The fourth-order valence-corrected chi connectivity index (χ4v) is 2.99. The summed E-state index contributed by atoms with van der Waals surface area (Å²) >= 11 is 0. The van der Waals surface area contributed by atoms with Gasteiger partial charge < -0.3 is 0 Å². The monoisotopic (exact) mass is 181 g/mol. The maximum atomic E-state index is 11.9. The van der Waals surface area contributed by atoms with Gasteiger partial charge in [0, 0.05) is 13.0 Å². The third-order valence-electron chi connectivity index (χ3n) is 4.18. The van der Waals surface area contributed by atoms with E-state index in [9.17, 15) is 4.79 Å². The van der Waals surface area contributed by atoms with Gasteiger partial charge in [-0.15, -0.1) is 0 Å². The summed E-state index contributed by atoms with van der Waals surface area (Å²) in [6, 6.07) is 0. The zero-order chi connectivity index (χ0) is 9.47. The zero-order valence-electron chi connectivity index (χ0n) is 8.68. The van der Waals surface area contributed by atoms with Gasteiger partial charge in [0.15, 0.2) is 5.78 Å². The lowest BCUT2D eigenvalue weighted by Gasteiger charge is -2.36. The van der Waals surface area contributed by atoms with Crippen molar-refractivity contribution in [1.82, 2.24) is 4.90 Å². The predicted molar refractivity (Wildman–Crippen MR) is 52.6 cm³/mol. The van der Waals surface area contributed by atoms with Crippen molar-refractivity contribution in [2.75, 3.05) is 13.6 Å². The average molecular weight is 181 g/mol. The Morgan fingerprint density at radius 1 is 1.38 bits per heavy atom. The molecular weight excluding hydrogens is 162 g/mol. The first-order valence-electron chi connectivity index (χ1n) is 5.40. The van der Waals surface area contributed by atoms with E-state index in [0.29, 0.717) is 11.7 Å². The molecule has 0 bridgehead atoms. The molecule has 0 radical (unpaired) electrons. The molecule has 1 unspecified atom stereocenters. The van der Waals surface area contributed by atoms with Crippen molar-refractivity contribution in [1.29, 1.82) is 0 Å². The van der Waals surface area contributed by atoms with Gasteiger partial charge in [0.25, 0.3) is 0 Å². The lowest BCUT2D eigenvalue weighted by atomic mass is 9.81. The van der Waals surface area contributed by atoms with Crippen LogP contribution in [0.5, 0.6) is 0 Å². The summed E-state index contributed by atoms with van der Waals surface area (Å²) in [5.74, 6) is 1.11. The second kappa shape index (κ2) is 3.09. The standard InChI is InChI=1S/C11H19NO/c1-11(9-5-3-4-6-9)10(13)7-8-12(11)2/h9H,3-8H2,1-2H3. The summed E-state index contributed by atoms with van der Waals surface area (Å²) in [6.07, 6.45) is 5.92. The fraction of sp³-hybridized carbons (Fsp3) is 0.909. The third-order valence-corrected chi connectivity index (χ3v) is 4.18. The number of carbonyl (C=O) groups is 1.